The van der Waals surface area contributed by atoms with Gasteiger partial charge in [0.1, 0.15) is 11.6 Å². The lowest BCUT2D eigenvalue weighted by atomic mass is 9.57. The Kier molecular flexibility index (Phi) is 13.4. The van der Waals surface area contributed by atoms with Gasteiger partial charge in [-0.05, 0) is 88.7 Å². The minimum Gasteiger partial charge on any atom is -0.444 e. The highest BCUT2D eigenvalue weighted by Gasteiger charge is 2.69. The largest absolute Gasteiger partial charge is 0.444 e. The number of halogens is 2. The second kappa shape index (κ2) is 17.0. The fourth-order valence-corrected chi connectivity index (χ4v) is 9.12. The molecule has 5 fully saturated rings. The highest BCUT2D eigenvalue weighted by Crippen LogP contribution is 2.60. The maximum atomic E-state index is 13.8. The zero-order valence-electron chi connectivity index (χ0n) is 31.3. The van der Waals surface area contributed by atoms with Gasteiger partial charge in [0.15, 0.2) is 11.9 Å². The molecule has 6 rings (SSSR count). The predicted octanol–water partition coefficient (Wildman–Crippen LogP) is 6.46. The number of hydrogen-bond donors (Lipinski definition) is 2. The molecule has 1 aromatic rings. The Morgan fingerprint density at radius 1 is 1.10 bits per heavy atom. The van der Waals surface area contributed by atoms with E-state index in [1.165, 1.54) is 12.1 Å². The van der Waals surface area contributed by atoms with E-state index >= 15 is 0 Å². The van der Waals surface area contributed by atoms with Crippen molar-refractivity contribution in [3.8, 4) is 0 Å². The van der Waals surface area contributed by atoms with Gasteiger partial charge in [0.2, 0.25) is 11.7 Å². The highest BCUT2D eigenvalue weighted by molar-refractivity contribution is 6.18. The molecular formula is C37H56Cl2N4O9. The Morgan fingerprint density at radius 3 is 2.50 bits per heavy atom. The van der Waals surface area contributed by atoms with Gasteiger partial charge < -0.3 is 24.8 Å². The van der Waals surface area contributed by atoms with Crippen molar-refractivity contribution in [3.63, 3.8) is 0 Å². The van der Waals surface area contributed by atoms with Gasteiger partial charge in [0, 0.05) is 68.8 Å². The predicted molar refractivity (Wildman–Crippen MR) is 196 cm³/mol. The van der Waals surface area contributed by atoms with Crippen LogP contribution in [0.4, 0.5) is 10.5 Å². The summed E-state index contributed by atoms with van der Waals surface area (Å²) >= 11 is 12.1. The van der Waals surface area contributed by atoms with Crippen LogP contribution in [0.1, 0.15) is 91.2 Å². The third kappa shape index (κ3) is 9.33. The molecule has 3 unspecified atom stereocenters. The summed E-state index contributed by atoms with van der Waals surface area (Å²) in [7, 11) is 0. The molecule has 1 aromatic carbocycles. The van der Waals surface area contributed by atoms with E-state index in [1.54, 1.807) is 26.8 Å². The van der Waals surface area contributed by atoms with E-state index in [2.05, 4.69) is 24.5 Å². The number of hydrogen-bond acceptors (Lipinski definition) is 10. The lowest BCUT2D eigenvalue weighted by Gasteiger charge is -2.60. The first-order chi connectivity index (χ1) is 24.6. The van der Waals surface area contributed by atoms with Crippen LogP contribution in [-0.2, 0) is 41.7 Å². The Hall–Kier alpha value is -2.26. The minimum absolute atomic E-state index is 0.00363. The fraction of sp³-hybridized carbons (Fsp3) is 0.784. The zero-order valence-corrected chi connectivity index (χ0v) is 32.8. The molecule has 2 N–H and O–H groups in total. The second-order valence-corrected chi connectivity index (χ2v) is 16.9. The molecule has 4 aliphatic heterocycles. The molecule has 0 radical (unpaired) electrons. The van der Waals surface area contributed by atoms with Gasteiger partial charge in [0.05, 0.1) is 11.0 Å². The van der Waals surface area contributed by atoms with Gasteiger partial charge >= 0.3 is 6.09 Å². The van der Waals surface area contributed by atoms with Gasteiger partial charge in [-0.3, -0.25) is 19.8 Å². The lowest BCUT2D eigenvalue weighted by Crippen LogP contribution is -2.70. The number of fused-ring (bicyclic) bond motifs is 2. The summed E-state index contributed by atoms with van der Waals surface area (Å²) in [6.45, 7) is 13.5. The van der Waals surface area contributed by atoms with Crippen molar-refractivity contribution in [1.29, 1.82) is 0 Å². The van der Waals surface area contributed by atoms with Crippen molar-refractivity contribution in [2.45, 2.75) is 128 Å². The highest BCUT2D eigenvalue weighted by atomic mass is 35.5. The molecule has 4 saturated heterocycles. The van der Waals surface area contributed by atoms with Gasteiger partial charge in [-0.25, -0.2) is 14.6 Å². The summed E-state index contributed by atoms with van der Waals surface area (Å²) in [6.07, 6.45) is 3.74. The smallest absolute Gasteiger partial charge is 0.408 e. The van der Waals surface area contributed by atoms with E-state index in [-0.39, 0.29) is 36.0 Å². The molecule has 52 heavy (non-hydrogen) atoms. The number of ether oxygens (including phenoxy) is 3. The molecule has 13 nitrogen and oxygen atoms in total. The van der Waals surface area contributed by atoms with Crippen molar-refractivity contribution >= 4 is 40.9 Å². The average molecular weight is 772 g/mol. The molecule has 1 aliphatic carbocycles. The van der Waals surface area contributed by atoms with Crippen molar-refractivity contribution in [1.82, 2.24) is 15.5 Å². The Labute approximate surface area is 317 Å². The molecule has 9 atom stereocenters. The molecule has 2 amide bonds. The third-order valence-corrected chi connectivity index (χ3v) is 11.6. The number of nitrogens with one attached hydrogen (secondary N) is 2. The van der Waals surface area contributed by atoms with Crippen LogP contribution < -0.4 is 10.6 Å². The molecule has 1 spiro atoms. The second-order valence-electron chi connectivity index (χ2n) is 16.1. The number of nitro benzene ring substituents is 1. The molecular weight excluding hydrogens is 715 g/mol. The molecule has 15 heteroatoms. The van der Waals surface area contributed by atoms with Crippen molar-refractivity contribution in [3.05, 3.63) is 39.4 Å². The SMILES string of the molecule is C[C@H]1[C@@H](CCCNC(=O)[C@H](Cc2cc([N+](=O)[O-])ccc2CN(CCCl)CCCl)NC(=O)OC(C)(C)C)O[C@@H]2OC3(C)CCC4[C@H](C)CC[C@@H]1C42OO3. The first-order valence-electron chi connectivity index (χ1n) is 18.7. The van der Waals surface area contributed by atoms with Crippen LogP contribution in [0, 0.1) is 33.8 Å². The molecule has 2 bridgehead atoms. The number of carbonyl (C=O) groups is 2. The number of alkyl halides is 2. The number of benzene rings is 1. The van der Waals surface area contributed by atoms with E-state index in [0.29, 0.717) is 62.3 Å². The van der Waals surface area contributed by atoms with E-state index < -0.39 is 46.2 Å². The Bertz CT molecular complexity index is 1430. The Morgan fingerprint density at radius 2 is 1.83 bits per heavy atom. The molecule has 4 heterocycles. The fourth-order valence-electron chi connectivity index (χ4n) is 8.65. The number of non-ortho nitro benzene ring substituents is 1. The van der Waals surface area contributed by atoms with Crippen LogP contribution >= 0.6 is 23.2 Å². The van der Waals surface area contributed by atoms with Crippen LogP contribution in [0.15, 0.2) is 18.2 Å². The number of alkyl carbamates (subject to hydrolysis) is 1. The van der Waals surface area contributed by atoms with Gasteiger partial charge in [-0.2, -0.15) is 0 Å². The van der Waals surface area contributed by atoms with Gasteiger partial charge in [-0.1, -0.05) is 19.9 Å². The third-order valence-electron chi connectivity index (χ3n) is 11.3. The number of nitro groups is 1. The molecule has 1 saturated carbocycles. The number of amides is 2. The summed E-state index contributed by atoms with van der Waals surface area (Å²) in [4.78, 5) is 52.3. The lowest BCUT2D eigenvalue weighted by molar-refractivity contribution is -0.571. The summed E-state index contributed by atoms with van der Waals surface area (Å²) in [6, 6.07) is 3.50. The number of nitrogens with zero attached hydrogens (tertiary/aromatic N) is 2. The molecule has 292 valence electrons. The molecule has 5 aliphatic rings. The topological polar surface area (TPSA) is 151 Å². The van der Waals surface area contributed by atoms with Gasteiger partial charge in [-0.15, -0.1) is 23.2 Å². The maximum Gasteiger partial charge on any atom is 0.408 e. The van der Waals surface area contributed by atoms with Crippen molar-refractivity contribution < 1.29 is 38.5 Å². The quantitative estimate of drug-likeness (QED) is 0.0669. The van der Waals surface area contributed by atoms with Crippen molar-refractivity contribution in [2.24, 2.45) is 23.7 Å². The van der Waals surface area contributed by atoms with Crippen LogP contribution in [0.5, 0.6) is 0 Å². The summed E-state index contributed by atoms with van der Waals surface area (Å²) < 4.78 is 18.7. The van der Waals surface area contributed by atoms with Gasteiger partial charge in [0.25, 0.3) is 5.69 Å². The van der Waals surface area contributed by atoms with Crippen LogP contribution in [0.3, 0.4) is 0 Å². The van der Waals surface area contributed by atoms with Crippen molar-refractivity contribution in [2.75, 3.05) is 31.4 Å². The zero-order chi connectivity index (χ0) is 37.8. The monoisotopic (exact) mass is 770 g/mol. The van der Waals surface area contributed by atoms with E-state index in [0.717, 1.165) is 31.2 Å². The standard InChI is InChI=1S/C37H56Cl2N4O9/c1-23-9-12-29-24(2)31(48-33-37(29)28(23)13-14-36(6,49-33)51-52-37)8-7-17-40-32(44)30(41-34(45)50-35(3,4)5)21-26-20-27(43(46)47)11-10-25(26)22-42(18-15-38)19-16-39/h10-11,20,23-24,28-31,33H,7-9,12-19,21-22H2,1-6H3,(H,40,44)(H,41,45)/t23-,24-,28?,29+,30+,31-,33-,36?,37?/m1/s1. The van der Waals surface area contributed by atoms with E-state index in [4.69, 9.17) is 47.2 Å². The van der Waals surface area contributed by atoms with Crippen LogP contribution in [0.25, 0.3) is 0 Å². The summed E-state index contributed by atoms with van der Waals surface area (Å²) in [5, 5.41) is 17.5. The van der Waals surface area contributed by atoms with E-state index in [1.807, 2.05) is 11.8 Å². The van der Waals surface area contributed by atoms with Crippen LogP contribution in [0.2, 0.25) is 0 Å². The number of rotatable bonds is 15. The Balaban J connectivity index is 1.27. The summed E-state index contributed by atoms with van der Waals surface area (Å²) in [5.74, 6) is 0.645. The maximum absolute atomic E-state index is 13.8. The summed E-state index contributed by atoms with van der Waals surface area (Å²) in [5.41, 5.74) is -0.227. The van der Waals surface area contributed by atoms with E-state index in [9.17, 15) is 19.7 Å². The minimum atomic E-state index is -1.07. The first kappa shape index (κ1) is 40.9. The number of carbonyl (C=O) groups excluding carboxylic acids is 2. The average Bonchev–Trinajstić information content (AvgIpc) is 3.30. The van der Waals surface area contributed by atoms with Crippen LogP contribution in [-0.4, -0.2) is 88.6 Å². The molecule has 0 aromatic heterocycles. The normalized spacial score (nSPS) is 31.7. The first-order valence-corrected chi connectivity index (χ1v) is 19.7.